The number of rotatable bonds is 4. The van der Waals surface area contributed by atoms with Crippen molar-refractivity contribution in [2.24, 2.45) is 0 Å². The number of halogens is 2. The minimum atomic E-state index is -0.317. The lowest BCUT2D eigenvalue weighted by Gasteiger charge is -2.32. The molecule has 0 radical (unpaired) electrons. The lowest BCUT2D eigenvalue weighted by Crippen LogP contribution is -2.44. The van der Waals surface area contributed by atoms with Gasteiger partial charge in [0.05, 0.1) is 29.8 Å². The Kier molecular flexibility index (Phi) is 5.67. The first-order valence-electron chi connectivity index (χ1n) is 6.52. The normalized spacial score (nSPS) is 19.0. The van der Waals surface area contributed by atoms with E-state index in [4.69, 9.17) is 10.00 Å². The van der Waals surface area contributed by atoms with Gasteiger partial charge in [-0.3, -0.25) is 9.69 Å². The molecule has 1 aliphatic heterocycles. The second kappa shape index (κ2) is 7.50. The third-order valence-corrected chi connectivity index (χ3v) is 3.81. The van der Waals surface area contributed by atoms with Crippen LogP contribution in [0.4, 0.5) is 4.39 Å². The summed E-state index contributed by atoms with van der Waals surface area (Å²) in [6, 6.07) is 6.63. The molecule has 0 aromatic heterocycles. The van der Waals surface area contributed by atoms with Gasteiger partial charge in [-0.2, -0.15) is 5.26 Å². The van der Waals surface area contributed by atoms with E-state index in [1.807, 2.05) is 11.0 Å². The first-order valence-corrected chi connectivity index (χ1v) is 7.32. The summed E-state index contributed by atoms with van der Waals surface area (Å²) in [6.45, 7) is 1.95. The number of benzene rings is 1. The summed E-state index contributed by atoms with van der Waals surface area (Å²) in [5, 5.41) is 10.9. The molecule has 1 N–H and O–H groups in total. The van der Waals surface area contributed by atoms with Gasteiger partial charge in [0.15, 0.2) is 0 Å². The van der Waals surface area contributed by atoms with Crippen LogP contribution in [0.2, 0.25) is 0 Å². The fourth-order valence-corrected chi connectivity index (χ4v) is 2.55. The molecule has 5 nitrogen and oxygen atoms in total. The molecule has 0 spiro atoms. The maximum absolute atomic E-state index is 13.3. The summed E-state index contributed by atoms with van der Waals surface area (Å²) in [7, 11) is 0. The summed E-state index contributed by atoms with van der Waals surface area (Å²) in [5.74, 6) is -0.500. The Morgan fingerprint density at radius 1 is 1.62 bits per heavy atom. The molecule has 0 aliphatic carbocycles. The quantitative estimate of drug-likeness (QED) is 0.833. The Morgan fingerprint density at radius 3 is 3.14 bits per heavy atom. The Labute approximate surface area is 130 Å². The van der Waals surface area contributed by atoms with Gasteiger partial charge in [-0.15, -0.1) is 0 Å². The maximum Gasteiger partial charge on any atom is 0.235 e. The number of ether oxygens (including phenoxy) is 1. The van der Waals surface area contributed by atoms with E-state index in [1.165, 1.54) is 6.07 Å². The van der Waals surface area contributed by atoms with Crippen LogP contribution < -0.4 is 5.32 Å². The van der Waals surface area contributed by atoms with Crippen molar-refractivity contribution in [3.63, 3.8) is 0 Å². The summed E-state index contributed by atoms with van der Waals surface area (Å²) in [6.07, 6.45) is -0.195. The highest BCUT2D eigenvalue weighted by molar-refractivity contribution is 9.10. The van der Waals surface area contributed by atoms with Crippen LogP contribution in [-0.2, 0) is 9.53 Å². The average Bonchev–Trinajstić information content (AvgIpc) is 2.48. The van der Waals surface area contributed by atoms with Crippen LogP contribution in [-0.4, -0.2) is 43.6 Å². The number of nitriles is 1. The van der Waals surface area contributed by atoms with E-state index in [0.717, 1.165) is 5.56 Å². The number of carbonyl (C=O) groups excluding carboxylic acids is 1. The zero-order valence-corrected chi connectivity index (χ0v) is 12.9. The van der Waals surface area contributed by atoms with Crippen molar-refractivity contribution < 1.29 is 13.9 Å². The molecule has 0 saturated carbocycles. The van der Waals surface area contributed by atoms with Crippen molar-refractivity contribution in [3.05, 3.63) is 34.1 Å². The number of carbonyl (C=O) groups is 1. The third-order valence-electron chi connectivity index (χ3n) is 3.20. The van der Waals surface area contributed by atoms with Crippen LogP contribution in [0.3, 0.4) is 0 Å². The lowest BCUT2D eigenvalue weighted by molar-refractivity contribution is -0.124. The predicted molar refractivity (Wildman–Crippen MR) is 77.9 cm³/mol. The average molecular weight is 356 g/mol. The standard InChI is InChI=1S/C14H15BrFN3O2/c15-11-7-10(1-2-12(11)16)13-8-19(5-6-21-13)9-14(20)18-4-3-17/h1-2,7,13H,4-6,8-9H2,(H,18,20). The zero-order valence-electron chi connectivity index (χ0n) is 11.3. The number of morpholine rings is 1. The smallest absolute Gasteiger partial charge is 0.235 e. The molecule has 7 heteroatoms. The molecule has 1 saturated heterocycles. The first-order chi connectivity index (χ1) is 10.1. The van der Waals surface area contributed by atoms with E-state index in [2.05, 4.69) is 21.2 Å². The largest absolute Gasteiger partial charge is 0.371 e. The number of nitrogens with zero attached hydrogens (tertiary/aromatic N) is 2. The van der Waals surface area contributed by atoms with Gasteiger partial charge >= 0.3 is 0 Å². The molecule has 1 heterocycles. The van der Waals surface area contributed by atoms with Gasteiger partial charge in [-0.1, -0.05) is 6.07 Å². The molecule has 2 rings (SSSR count). The van der Waals surface area contributed by atoms with Crippen LogP contribution in [0.1, 0.15) is 11.7 Å². The van der Waals surface area contributed by atoms with Crippen molar-refractivity contribution in [2.45, 2.75) is 6.10 Å². The minimum absolute atomic E-state index is 0.0114. The molecule has 1 aromatic carbocycles. The Morgan fingerprint density at radius 2 is 2.43 bits per heavy atom. The molecule has 1 aliphatic rings. The first kappa shape index (κ1) is 15.9. The highest BCUT2D eigenvalue weighted by Crippen LogP contribution is 2.26. The Hall–Kier alpha value is -1.49. The van der Waals surface area contributed by atoms with Crippen LogP contribution >= 0.6 is 15.9 Å². The molecular formula is C14H15BrFN3O2. The summed E-state index contributed by atoms with van der Waals surface area (Å²) < 4.78 is 19.3. The molecule has 0 bridgehead atoms. The van der Waals surface area contributed by atoms with Gasteiger partial charge < -0.3 is 10.1 Å². The molecule has 112 valence electrons. The van der Waals surface area contributed by atoms with Crippen LogP contribution in [0.5, 0.6) is 0 Å². The Balaban J connectivity index is 1.95. The Bertz CT molecular complexity index is 562. The topological polar surface area (TPSA) is 65.4 Å². The number of hydrogen-bond acceptors (Lipinski definition) is 4. The fraction of sp³-hybridized carbons (Fsp3) is 0.429. The van der Waals surface area contributed by atoms with Crippen LogP contribution in [0.15, 0.2) is 22.7 Å². The van der Waals surface area contributed by atoms with E-state index in [1.54, 1.807) is 12.1 Å². The second-order valence-electron chi connectivity index (χ2n) is 4.70. The van der Waals surface area contributed by atoms with Gasteiger partial charge in [-0.25, -0.2) is 4.39 Å². The molecule has 21 heavy (non-hydrogen) atoms. The molecule has 1 aromatic rings. The van der Waals surface area contributed by atoms with E-state index >= 15 is 0 Å². The predicted octanol–water partition coefficient (Wildman–Crippen LogP) is 1.60. The SMILES string of the molecule is N#CCNC(=O)CN1CCOC(c2ccc(F)c(Br)c2)C1. The second-order valence-corrected chi connectivity index (χ2v) is 5.56. The highest BCUT2D eigenvalue weighted by atomic mass is 79.9. The van der Waals surface area contributed by atoms with Crippen molar-refractivity contribution in [1.82, 2.24) is 10.2 Å². The fourth-order valence-electron chi connectivity index (χ4n) is 2.16. The van der Waals surface area contributed by atoms with Gasteiger partial charge in [0.25, 0.3) is 0 Å². The van der Waals surface area contributed by atoms with E-state index in [-0.39, 0.29) is 30.9 Å². The molecular weight excluding hydrogens is 341 g/mol. The molecule has 1 atom stereocenters. The minimum Gasteiger partial charge on any atom is -0.371 e. The van der Waals surface area contributed by atoms with Crippen molar-refractivity contribution in [1.29, 1.82) is 5.26 Å². The van der Waals surface area contributed by atoms with Crippen LogP contribution in [0.25, 0.3) is 0 Å². The van der Waals surface area contributed by atoms with Gasteiger partial charge in [0, 0.05) is 13.1 Å². The maximum atomic E-state index is 13.3. The monoisotopic (exact) mass is 355 g/mol. The number of amides is 1. The zero-order chi connectivity index (χ0) is 15.2. The molecule has 1 fully saturated rings. The van der Waals surface area contributed by atoms with Gasteiger partial charge in [0.1, 0.15) is 12.4 Å². The number of hydrogen-bond donors (Lipinski definition) is 1. The molecule has 1 amide bonds. The van der Waals surface area contributed by atoms with Crippen molar-refractivity contribution in [3.8, 4) is 6.07 Å². The van der Waals surface area contributed by atoms with Gasteiger partial charge in [0.2, 0.25) is 5.91 Å². The highest BCUT2D eigenvalue weighted by Gasteiger charge is 2.23. The summed E-state index contributed by atoms with van der Waals surface area (Å²) in [5.41, 5.74) is 0.866. The summed E-state index contributed by atoms with van der Waals surface area (Å²) in [4.78, 5) is 13.6. The number of nitrogens with one attached hydrogen (secondary N) is 1. The van der Waals surface area contributed by atoms with Gasteiger partial charge in [-0.05, 0) is 33.6 Å². The van der Waals surface area contributed by atoms with E-state index in [0.29, 0.717) is 24.2 Å². The third kappa shape index (κ3) is 4.49. The van der Waals surface area contributed by atoms with Crippen LogP contribution in [0, 0.1) is 17.1 Å². The van der Waals surface area contributed by atoms with Crippen molar-refractivity contribution >= 4 is 21.8 Å². The molecule has 1 unspecified atom stereocenters. The summed E-state index contributed by atoms with van der Waals surface area (Å²) >= 11 is 3.16. The van der Waals surface area contributed by atoms with Crippen molar-refractivity contribution in [2.75, 3.05) is 32.8 Å². The van der Waals surface area contributed by atoms with E-state index < -0.39 is 0 Å². The van der Waals surface area contributed by atoms with E-state index in [9.17, 15) is 9.18 Å². The lowest BCUT2D eigenvalue weighted by atomic mass is 10.1.